The van der Waals surface area contributed by atoms with Crippen molar-refractivity contribution in [2.45, 2.75) is 24.2 Å². The molecule has 0 spiro atoms. The van der Waals surface area contributed by atoms with E-state index in [9.17, 15) is 12.8 Å². The number of sulfonamides is 1. The lowest BCUT2D eigenvalue weighted by Gasteiger charge is -2.31. The van der Waals surface area contributed by atoms with Gasteiger partial charge in [0.1, 0.15) is 5.82 Å². The Hall–Kier alpha value is -1.72. The van der Waals surface area contributed by atoms with Gasteiger partial charge >= 0.3 is 0 Å². The lowest BCUT2D eigenvalue weighted by atomic mass is 9.98. The van der Waals surface area contributed by atoms with Crippen LogP contribution in [-0.2, 0) is 16.4 Å². The standard InChI is InChI=1S/C22H29FN4O2S.HI/c1-24-22(25-14-11-19-7-5-6-10-21(19)23)26-17-18-12-15-27(16-13-18)30(28,29)20-8-3-2-4-9-20;/h2-10,18H,11-17H2,1H3,(H2,24,25,26);1H. The Labute approximate surface area is 201 Å². The average Bonchev–Trinajstić information content (AvgIpc) is 2.78. The summed E-state index contributed by atoms with van der Waals surface area (Å²) in [4.78, 5) is 4.56. The maximum Gasteiger partial charge on any atom is 0.243 e. The zero-order valence-electron chi connectivity index (χ0n) is 17.6. The molecule has 0 bridgehead atoms. The number of nitrogens with zero attached hydrogens (tertiary/aromatic N) is 2. The maximum atomic E-state index is 13.7. The molecule has 0 unspecified atom stereocenters. The van der Waals surface area contributed by atoms with Crippen LogP contribution in [0.3, 0.4) is 0 Å². The van der Waals surface area contributed by atoms with Crippen LogP contribution in [0.4, 0.5) is 4.39 Å². The molecule has 0 aliphatic carbocycles. The van der Waals surface area contributed by atoms with Crippen LogP contribution in [-0.4, -0.2) is 51.9 Å². The Morgan fingerprint density at radius 1 is 1.06 bits per heavy atom. The van der Waals surface area contributed by atoms with E-state index in [1.54, 1.807) is 47.8 Å². The highest BCUT2D eigenvalue weighted by Gasteiger charge is 2.29. The van der Waals surface area contributed by atoms with E-state index in [1.807, 2.05) is 12.1 Å². The summed E-state index contributed by atoms with van der Waals surface area (Å²) in [6.07, 6.45) is 2.17. The van der Waals surface area contributed by atoms with Gasteiger partial charge in [-0.1, -0.05) is 36.4 Å². The molecule has 0 amide bonds. The fraction of sp³-hybridized carbons (Fsp3) is 0.409. The van der Waals surface area contributed by atoms with Gasteiger partial charge in [0, 0.05) is 33.2 Å². The Kier molecular flexibility index (Phi) is 10.2. The van der Waals surface area contributed by atoms with Crippen molar-refractivity contribution >= 4 is 40.0 Å². The molecular formula is C22H30FIN4O2S. The van der Waals surface area contributed by atoms with Crippen LogP contribution >= 0.6 is 24.0 Å². The first-order chi connectivity index (χ1) is 14.5. The molecule has 2 N–H and O–H groups in total. The van der Waals surface area contributed by atoms with E-state index >= 15 is 0 Å². The van der Waals surface area contributed by atoms with Crippen LogP contribution in [0.5, 0.6) is 0 Å². The van der Waals surface area contributed by atoms with Gasteiger partial charge in [-0.25, -0.2) is 12.8 Å². The second-order valence-corrected chi connectivity index (χ2v) is 9.32. The summed E-state index contributed by atoms with van der Waals surface area (Å²) in [5, 5.41) is 6.51. The van der Waals surface area contributed by atoms with E-state index in [4.69, 9.17) is 0 Å². The zero-order valence-corrected chi connectivity index (χ0v) is 20.8. The SMILES string of the molecule is CN=C(NCCc1ccccc1F)NCC1CCN(S(=O)(=O)c2ccccc2)CC1.I. The smallest absolute Gasteiger partial charge is 0.243 e. The molecule has 2 aromatic carbocycles. The van der Waals surface area contributed by atoms with Gasteiger partial charge in [-0.15, -0.1) is 24.0 Å². The van der Waals surface area contributed by atoms with Gasteiger partial charge in [0.15, 0.2) is 5.96 Å². The first kappa shape index (κ1) is 25.5. The van der Waals surface area contributed by atoms with E-state index in [1.165, 1.54) is 6.07 Å². The summed E-state index contributed by atoms with van der Waals surface area (Å²) in [6, 6.07) is 15.3. The second-order valence-electron chi connectivity index (χ2n) is 7.38. The minimum atomic E-state index is -3.42. The number of hydrogen-bond acceptors (Lipinski definition) is 3. The highest BCUT2D eigenvalue weighted by Crippen LogP contribution is 2.23. The first-order valence-electron chi connectivity index (χ1n) is 10.2. The lowest BCUT2D eigenvalue weighted by molar-refractivity contribution is 0.273. The third-order valence-electron chi connectivity index (χ3n) is 5.38. The van der Waals surface area contributed by atoms with Crippen molar-refractivity contribution in [2.75, 3.05) is 33.2 Å². The molecule has 1 saturated heterocycles. The Morgan fingerprint density at radius 2 is 1.71 bits per heavy atom. The maximum absolute atomic E-state index is 13.7. The molecule has 0 saturated carbocycles. The fourth-order valence-corrected chi connectivity index (χ4v) is 5.06. The van der Waals surface area contributed by atoms with Crippen LogP contribution < -0.4 is 10.6 Å². The van der Waals surface area contributed by atoms with E-state index in [0.717, 1.165) is 19.4 Å². The van der Waals surface area contributed by atoms with Gasteiger partial charge in [0.05, 0.1) is 4.90 Å². The molecule has 1 aliphatic rings. The zero-order chi connectivity index (χ0) is 21.4. The molecule has 6 nitrogen and oxygen atoms in total. The summed E-state index contributed by atoms with van der Waals surface area (Å²) in [5.41, 5.74) is 0.674. The third kappa shape index (κ3) is 7.15. The second kappa shape index (κ2) is 12.4. The van der Waals surface area contributed by atoms with Crippen molar-refractivity contribution in [3.63, 3.8) is 0 Å². The Bertz CT molecular complexity index is 949. The summed E-state index contributed by atoms with van der Waals surface area (Å²) >= 11 is 0. The van der Waals surface area contributed by atoms with Gasteiger partial charge in [-0.05, 0) is 48.9 Å². The van der Waals surface area contributed by atoms with E-state index in [2.05, 4.69) is 15.6 Å². The number of benzene rings is 2. The summed E-state index contributed by atoms with van der Waals surface area (Å²) in [7, 11) is -1.72. The molecule has 3 rings (SSSR count). The van der Waals surface area contributed by atoms with E-state index in [-0.39, 0.29) is 29.8 Å². The van der Waals surface area contributed by atoms with Crippen molar-refractivity contribution in [3.05, 3.63) is 66.0 Å². The van der Waals surface area contributed by atoms with Crippen molar-refractivity contribution in [1.29, 1.82) is 0 Å². The molecule has 0 radical (unpaired) electrons. The molecule has 0 atom stereocenters. The van der Waals surface area contributed by atoms with Crippen LogP contribution in [0, 0.1) is 11.7 Å². The van der Waals surface area contributed by atoms with Gasteiger partial charge in [0.2, 0.25) is 10.0 Å². The molecule has 170 valence electrons. The van der Waals surface area contributed by atoms with Gasteiger partial charge in [0.25, 0.3) is 0 Å². The number of rotatable bonds is 7. The summed E-state index contributed by atoms with van der Waals surface area (Å²) in [5.74, 6) is 0.850. The molecule has 1 aliphatic heterocycles. The predicted molar refractivity (Wildman–Crippen MR) is 133 cm³/mol. The Balaban J connectivity index is 0.00000341. The van der Waals surface area contributed by atoms with Gasteiger partial charge in [-0.3, -0.25) is 4.99 Å². The van der Waals surface area contributed by atoms with Crippen molar-refractivity contribution < 1.29 is 12.8 Å². The average molecular weight is 560 g/mol. The summed E-state index contributed by atoms with van der Waals surface area (Å²) < 4.78 is 40.7. The topological polar surface area (TPSA) is 73.8 Å². The molecule has 2 aromatic rings. The molecule has 1 fully saturated rings. The number of hydrogen-bond donors (Lipinski definition) is 2. The van der Waals surface area contributed by atoms with Crippen LogP contribution in [0.2, 0.25) is 0 Å². The van der Waals surface area contributed by atoms with E-state index in [0.29, 0.717) is 48.4 Å². The van der Waals surface area contributed by atoms with E-state index < -0.39 is 10.0 Å². The normalized spacial score (nSPS) is 15.9. The predicted octanol–water partition coefficient (Wildman–Crippen LogP) is 3.25. The quantitative estimate of drug-likeness (QED) is 0.310. The van der Waals surface area contributed by atoms with Crippen molar-refractivity contribution in [3.8, 4) is 0 Å². The number of halogens is 2. The lowest BCUT2D eigenvalue weighted by Crippen LogP contribution is -2.44. The van der Waals surface area contributed by atoms with Crippen molar-refractivity contribution in [2.24, 2.45) is 10.9 Å². The number of aliphatic imine (C=N–C) groups is 1. The minimum Gasteiger partial charge on any atom is -0.356 e. The Morgan fingerprint density at radius 3 is 2.35 bits per heavy atom. The van der Waals surface area contributed by atoms with Crippen molar-refractivity contribution in [1.82, 2.24) is 14.9 Å². The van der Waals surface area contributed by atoms with Gasteiger partial charge in [-0.2, -0.15) is 4.31 Å². The van der Waals surface area contributed by atoms with Crippen LogP contribution in [0.25, 0.3) is 0 Å². The summed E-state index contributed by atoms with van der Waals surface area (Å²) in [6.45, 7) is 2.33. The highest BCUT2D eigenvalue weighted by molar-refractivity contribution is 14.0. The largest absolute Gasteiger partial charge is 0.356 e. The molecular weight excluding hydrogens is 530 g/mol. The molecule has 1 heterocycles. The number of guanidine groups is 1. The highest BCUT2D eigenvalue weighted by atomic mass is 127. The fourth-order valence-electron chi connectivity index (χ4n) is 3.57. The molecule has 0 aromatic heterocycles. The first-order valence-corrected chi connectivity index (χ1v) is 11.7. The monoisotopic (exact) mass is 560 g/mol. The van der Waals surface area contributed by atoms with Crippen LogP contribution in [0.1, 0.15) is 18.4 Å². The number of nitrogens with one attached hydrogen (secondary N) is 2. The van der Waals surface area contributed by atoms with Gasteiger partial charge < -0.3 is 10.6 Å². The molecule has 9 heteroatoms. The third-order valence-corrected chi connectivity index (χ3v) is 7.29. The molecule has 31 heavy (non-hydrogen) atoms. The minimum absolute atomic E-state index is 0. The van der Waals surface area contributed by atoms with Crippen LogP contribution in [0.15, 0.2) is 64.5 Å². The number of piperidine rings is 1.